The minimum absolute atomic E-state index is 0.0201. The van der Waals surface area contributed by atoms with Gasteiger partial charge < -0.3 is 14.8 Å². The molecule has 7 nitrogen and oxygen atoms in total. The molecule has 0 saturated heterocycles. The van der Waals surface area contributed by atoms with Gasteiger partial charge in [-0.3, -0.25) is 4.79 Å². The van der Waals surface area contributed by atoms with Crippen LogP contribution in [0.4, 0.5) is 0 Å². The van der Waals surface area contributed by atoms with Gasteiger partial charge in [-0.1, -0.05) is 11.6 Å². The number of ether oxygens (including phenoxy) is 1. The van der Waals surface area contributed by atoms with Crippen molar-refractivity contribution in [1.29, 1.82) is 0 Å². The molecule has 0 bridgehead atoms. The summed E-state index contributed by atoms with van der Waals surface area (Å²) >= 11 is 5.58. The molecule has 0 saturated carbocycles. The number of H-pyrrole nitrogens is 1. The second-order valence-corrected chi connectivity index (χ2v) is 6.36. The van der Waals surface area contributed by atoms with Gasteiger partial charge in [-0.05, 0) is 6.07 Å². The molecular formula is C10H15ClN2O5S. The number of hydrogen-bond donors (Lipinski definition) is 2. The first-order valence-corrected chi connectivity index (χ1v) is 7.12. The second-order valence-electron chi connectivity index (χ2n) is 3.91. The fourth-order valence-corrected chi connectivity index (χ4v) is 2.85. The molecule has 0 radical (unpaired) electrons. The van der Waals surface area contributed by atoms with Crippen LogP contribution in [0, 0.1) is 0 Å². The number of nitrogens with one attached hydrogen (secondary N) is 1. The van der Waals surface area contributed by atoms with Gasteiger partial charge >= 0.3 is 0 Å². The van der Waals surface area contributed by atoms with Gasteiger partial charge in [0.05, 0.1) is 17.6 Å². The third-order valence-electron chi connectivity index (χ3n) is 2.37. The number of aromatic amines is 1. The highest BCUT2D eigenvalue weighted by Crippen LogP contribution is 2.15. The van der Waals surface area contributed by atoms with Crippen molar-refractivity contribution in [3.8, 4) is 0 Å². The van der Waals surface area contributed by atoms with Gasteiger partial charge in [0, 0.05) is 26.9 Å². The molecule has 1 unspecified atom stereocenters. The number of hydrogen-bond acceptors (Lipinski definition) is 5. The Bertz CT molecular complexity index is 586. The molecule has 1 heterocycles. The summed E-state index contributed by atoms with van der Waals surface area (Å²) in [5.74, 6) is 0. The minimum atomic E-state index is -3.83. The van der Waals surface area contributed by atoms with Crippen molar-refractivity contribution in [2.24, 2.45) is 0 Å². The summed E-state index contributed by atoms with van der Waals surface area (Å²) in [5, 5.41) is 9.30. The Labute approximate surface area is 115 Å². The van der Waals surface area contributed by atoms with E-state index in [1.807, 2.05) is 0 Å². The molecule has 108 valence electrons. The van der Waals surface area contributed by atoms with Gasteiger partial charge in [-0.25, -0.2) is 8.42 Å². The van der Waals surface area contributed by atoms with Crippen molar-refractivity contribution in [3.63, 3.8) is 0 Å². The number of aliphatic hydroxyl groups excluding tert-OH is 1. The Morgan fingerprint density at radius 3 is 2.74 bits per heavy atom. The predicted octanol–water partition coefficient (Wildman–Crippen LogP) is -0.344. The van der Waals surface area contributed by atoms with Crippen LogP contribution in [0.2, 0.25) is 5.02 Å². The zero-order chi connectivity index (χ0) is 14.6. The van der Waals surface area contributed by atoms with Gasteiger partial charge in [0.15, 0.2) is 0 Å². The first-order valence-electron chi connectivity index (χ1n) is 5.30. The summed E-state index contributed by atoms with van der Waals surface area (Å²) in [6.45, 7) is -0.112. The second kappa shape index (κ2) is 6.49. The highest BCUT2D eigenvalue weighted by molar-refractivity contribution is 7.89. The summed E-state index contributed by atoms with van der Waals surface area (Å²) in [7, 11) is -1.11. The molecule has 1 atom stereocenters. The summed E-state index contributed by atoms with van der Waals surface area (Å²) < 4.78 is 29.9. The number of rotatable bonds is 6. The molecule has 19 heavy (non-hydrogen) atoms. The van der Waals surface area contributed by atoms with Crippen LogP contribution in [0.1, 0.15) is 0 Å². The third-order valence-corrected chi connectivity index (χ3v) is 4.45. The number of nitrogens with zero attached hydrogens (tertiary/aromatic N) is 1. The Balaban J connectivity index is 2.96. The van der Waals surface area contributed by atoms with Crippen LogP contribution < -0.4 is 5.56 Å². The van der Waals surface area contributed by atoms with E-state index in [0.29, 0.717) is 0 Å². The summed E-state index contributed by atoms with van der Waals surface area (Å²) in [4.78, 5) is 13.2. The van der Waals surface area contributed by atoms with E-state index in [1.165, 1.54) is 14.2 Å². The quantitative estimate of drug-likeness (QED) is 0.748. The van der Waals surface area contributed by atoms with Gasteiger partial charge in [0.25, 0.3) is 5.56 Å². The molecule has 1 aromatic rings. The molecule has 2 N–H and O–H groups in total. The van der Waals surface area contributed by atoms with Gasteiger partial charge in [0.2, 0.25) is 10.0 Å². The number of aliphatic hydroxyl groups is 1. The molecule has 0 aliphatic heterocycles. The minimum Gasteiger partial charge on any atom is -0.389 e. The van der Waals surface area contributed by atoms with E-state index in [1.54, 1.807) is 0 Å². The zero-order valence-electron chi connectivity index (χ0n) is 10.5. The van der Waals surface area contributed by atoms with Gasteiger partial charge in [-0.15, -0.1) is 0 Å². The van der Waals surface area contributed by atoms with E-state index in [9.17, 15) is 18.3 Å². The highest BCUT2D eigenvalue weighted by Gasteiger charge is 2.23. The Hall–Kier alpha value is -0.930. The lowest BCUT2D eigenvalue weighted by atomic mass is 10.4. The molecule has 0 aliphatic carbocycles. The molecule has 9 heteroatoms. The SMILES string of the molecule is COCC(O)CN(C)S(=O)(=O)c1c[nH]c(=O)c(Cl)c1. The summed E-state index contributed by atoms with van der Waals surface area (Å²) in [6.07, 6.45) is 0.117. The van der Waals surface area contributed by atoms with Gasteiger partial charge in [-0.2, -0.15) is 4.31 Å². The van der Waals surface area contributed by atoms with Crippen molar-refractivity contribution in [3.05, 3.63) is 27.6 Å². The van der Waals surface area contributed by atoms with E-state index < -0.39 is 21.7 Å². The van der Waals surface area contributed by atoms with E-state index in [2.05, 4.69) is 4.98 Å². The van der Waals surface area contributed by atoms with Crippen LogP contribution in [-0.2, 0) is 14.8 Å². The average Bonchev–Trinajstić information content (AvgIpc) is 2.32. The Morgan fingerprint density at radius 1 is 1.58 bits per heavy atom. The Kier molecular flexibility index (Phi) is 5.50. The third kappa shape index (κ3) is 4.02. The highest BCUT2D eigenvalue weighted by atomic mass is 35.5. The fraction of sp³-hybridized carbons (Fsp3) is 0.500. The number of sulfonamides is 1. The average molecular weight is 311 g/mol. The van der Waals surface area contributed by atoms with Gasteiger partial charge in [0.1, 0.15) is 5.02 Å². The lowest BCUT2D eigenvalue weighted by Gasteiger charge is -2.20. The van der Waals surface area contributed by atoms with Crippen LogP contribution in [-0.4, -0.2) is 56.2 Å². The number of halogens is 1. The van der Waals surface area contributed by atoms with Crippen molar-refractivity contribution in [2.45, 2.75) is 11.0 Å². The van der Waals surface area contributed by atoms with Crippen LogP contribution >= 0.6 is 11.6 Å². The van der Waals surface area contributed by atoms with Crippen LogP contribution in [0.5, 0.6) is 0 Å². The fourth-order valence-electron chi connectivity index (χ4n) is 1.41. The van der Waals surface area contributed by atoms with Crippen LogP contribution in [0.15, 0.2) is 22.0 Å². The lowest BCUT2D eigenvalue weighted by molar-refractivity contribution is 0.0554. The first-order chi connectivity index (χ1) is 8.78. The molecule has 0 spiro atoms. The van der Waals surface area contributed by atoms with Crippen molar-refractivity contribution in [2.75, 3.05) is 27.3 Å². The monoisotopic (exact) mass is 310 g/mol. The largest absolute Gasteiger partial charge is 0.389 e. The molecule has 1 rings (SSSR count). The maximum absolute atomic E-state index is 12.1. The first kappa shape index (κ1) is 16.1. The van der Waals surface area contributed by atoms with Crippen molar-refractivity contribution >= 4 is 21.6 Å². The Morgan fingerprint density at radius 2 is 2.21 bits per heavy atom. The van der Waals surface area contributed by atoms with E-state index in [0.717, 1.165) is 16.6 Å². The smallest absolute Gasteiger partial charge is 0.266 e. The lowest BCUT2D eigenvalue weighted by Crippen LogP contribution is -2.36. The summed E-state index contributed by atoms with van der Waals surface area (Å²) in [5.41, 5.74) is -0.567. The molecule has 0 aromatic carbocycles. The van der Waals surface area contributed by atoms with Crippen molar-refractivity contribution in [1.82, 2.24) is 9.29 Å². The molecule has 1 aromatic heterocycles. The molecule has 0 aliphatic rings. The summed E-state index contributed by atoms with van der Waals surface area (Å²) in [6, 6.07) is 1.06. The topological polar surface area (TPSA) is 99.7 Å². The van der Waals surface area contributed by atoms with Crippen molar-refractivity contribution < 1.29 is 18.3 Å². The maximum atomic E-state index is 12.1. The number of methoxy groups -OCH3 is 1. The zero-order valence-corrected chi connectivity index (χ0v) is 12.0. The van der Waals surface area contributed by atoms with Crippen LogP contribution in [0.3, 0.4) is 0 Å². The standard InChI is InChI=1S/C10H15ClN2O5S/c1-13(5-7(14)6-18-2)19(16,17)8-3-9(11)10(15)12-4-8/h3-4,7,14H,5-6H2,1-2H3,(H,12,15). The molecule has 0 fully saturated rings. The number of aromatic nitrogens is 1. The predicted molar refractivity (Wildman–Crippen MR) is 69.8 cm³/mol. The normalized spacial score (nSPS) is 13.7. The maximum Gasteiger partial charge on any atom is 0.266 e. The molecular weight excluding hydrogens is 296 g/mol. The number of likely N-dealkylation sites (N-methyl/N-ethyl adjacent to an activating group) is 1. The number of pyridine rings is 1. The van der Waals surface area contributed by atoms with Crippen LogP contribution in [0.25, 0.3) is 0 Å². The van der Waals surface area contributed by atoms with E-state index in [4.69, 9.17) is 16.3 Å². The van der Waals surface area contributed by atoms with E-state index in [-0.39, 0.29) is 23.1 Å². The molecule has 0 amide bonds. The van der Waals surface area contributed by atoms with E-state index >= 15 is 0 Å².